The molecule has 6 N–H and O–H groups in total. The van der Waals surface area contributed by atoms with E-state index in [4.69, 9.17) is 16.2 Å². The number of piperidine rings is 1. The van der Waals surface area contributed by atoms with Crippen LogP contribution in [-0.2, 0) is 0 Å². The van der Waals surface area contributed by atoms with Crippen LogP contribution < -0.4 is 26.4 Å². The Balaban J connectivity index is 1.70. The van der Waals surface area contributed by atoms with Gasteiger partial charge in [-0.25, -0.2) is 14.4 Å². The van der Waals surface area contributed by atoms with Crippen LogP contribution >= 0.6 is 0 Å². The van der Waals surface area contributed by atoms with Gasteiger partial charge in [0.25, 0.3) is 5.91 Å². The number of carbonyl (C=O) groups is 1. The zero-order chi connectivity index (χ0) is 23.5. The molecule has 172 valence electrons. The number of ether oxygens (including phenoxy) is 1. The third-order valence-corrected chi connectivity index (χ3v) is 5.50. The van der Waals surface area contributed by atoms with Crippen LogP contribution in [0.1, 0.15) is 23.2 Å². The van der Waals surface area contributed by atoms with Crippen molar-refractivity contribution in [1.82, 2.24) is 9.97 Å². The number of rotatable bonds is 6. The molecule has 0 spiro atoms. The Hall–Kier alpha value is -3.92. The number of aliphatic hydroxyl groups excluding tert-OH is 1. The summed E-state index contributed by atoms with van der Waals surface area (Å²) in [6, 6.07) is 9.40. The second kappa shape index (κ2) is 9.29. The number of primary amides is 1. The van der Waals surface area contributed by atoms with Crippen LogP contribution in [0.25, 0.3) is 11.3 Å². The van der Waals surface area contributed by atoms with E-state index in [9.17, 15) is 14.3 Å². The maximum Gasteiger partial charge on any atom is 0.252 e. The van der Waals surface area contributed by atoms with Gasteiger partial charge >= 0.3 is 0 Å². The normalized spacial score (nSPS) is 15.8. The van der Waals surface area contributed by atoms with Crippen LogP contribution in [0.4, 0.5) is 27.4 Å². The summed E-state index contributed by atoms with van der Waals surface area (Å²) in [5.41, 5.74) is 13.1. The Morgan fingerprint density at radius 3 is 2.85 bits per heavy atom. The van der Waals surface area contributed by atoms with Crippen molar-refractivity contribution < 1.29 is 19.0 Å². The second-order valence-corrected chi connectivity index (χ2v) is 7.77. The van der Waals surface area contributed by atoms with Crippen molar-refractivity contribution in [3.05, 3.63) is 54.0 Å². The zero-order valence-corrected chi connectivity index (χ0v) is 18.1. The first-order chi connectivity index (χ1) is 15.9. The highest BCUT2D eigenvalue weighted by atomic mass is 19.1. The standard InChI is InChI=1S/C23H25FN6O3/c1-33-18-6-2-5-15(24)21(18)22-16(25)7-8-19(29-22)28-20-10-17(14(11-27-20)23(26)32)30-9-3-4-13(31)12-30/h2,5-8,10-11,13,31H,3-4,9,12,25H2,1H3,(H2,26,32)(H,27,28,29)/t13-/m0/s1. The highest BCUT2D eigenvalue weighted by Crippen LogP contribution is 2.36. The lowest BCUT2D eigenvalue weighted by Gasteiger charge is -2.33. The van der Waals surface area contributed by atoms with Crippen molar-refractivity contribution in [2.24, 2.45) is 5.73 Å². The molecule has 1 aliphatic heterocycles. The molecule has 2 aromatic heterocycles. The van der Waals surface area contributed by atoms with Crippen LogP contribution in [0.3, 0.4) is 0 Å². The maximum absolute atomic E-state index is 14.6. The van der Waals surface area contributed by atoms with Gasteiger partial charge in [0.15, 0.2) is 0 Å². The summed E-state index contributed by atoms with van der Waals surface area (Å²) < 4.78 is 19.9. The average molecular weight is 452 g/mol. The number of nitrogens with two attached hydrogens (primary N) is 2. The fraction of sp³-hybridized carbons (Fsp3) is 0.261. The number of pyridine rings is 2. The topological polar surface area (TPSA) is 140 Å². The van der Waals surface area contributed by atoms with Crippen molar-refractivity contribution in [3.8, 4) is 17.0 Å². The highest BCUT2D eigenvalue weighted by Gasteiger charge is 2.23. The minimum atomic E-state index is -0.608. The Morgan fingerprint density at radius 2 is 2.12 bits per heavy atom. The van der Waals surface area contributed by atoms with Gasteiger partial charge in [-0.15, -0.1) is 0 Å². The fourth-order valence-electron chi connectivity index (χ4n) is 3.91. The number of β-amino-alcohol motifs (C(OH)–C–C–N with tert-alkyl or cyclic N) is 1. The molecule has 1 aliphatic rings. The van der Waals surface area contributed by atoms with Gasteiger partial charge < -0.3 is 31.5 Å². The molecule has 4 rings (SSSR count). The van der Waals surface area contributed by atoms with E-state index < -0.39 is 17.8 Å². The van der Waals surface area contributed by atoms with E-state index in [1.807, 2.05) is 4.90 Å². The monoisotopic (exact) mass is 452 g/mol. The van der Waals surface area contributed by atoms with Gasteiger partial charge in [0, 0.05) is 25.4 Å². The number of aromatic nitrogens is 2. The molecule has 33 heavy (non-hydrogen) atoms. The number of halogens is 1. The molecule has 9 nitrogen and oxygen atoms in total. The van der Waals surface area contributed by atoms with E-state index in [1.165, 1.54) is 19.4 Å². The minimum absolute atomic E-state index is 0.154. The van der Waals surface area contributed by atoms with Crippen LogP contribution in [0.5, 0.6) is 5.75 Å². The van der Waals surface area contributed by atoms with Crippen molar-refractivity contribution >= 4 is 28.9 Å². The summed E-state index contributed by atoms with van der Waals surface area (Å²) in [7, 11) is 1.44. The molecule has 3 aromatic rings. The molecule has 0 bridgehead atoms. The minimum Gasteiger partial charge on any atom is -0.496 e. The number of hydrogen-bond acceptors (Lipinski definition) is 8. The number of aliphatic hydroxyl groups is 1. The van der Waals surface area contributed by atoms with Crippen molar-refractivity contribution in [2.45, 2.75) is 18.9 Å². The Bertz CT molecular complexity index is 1190. The lowest BCUT2D eigenvalue weighted by molar-refractivity contribution is 0.0999. The number of benzene rings is 1. The highest BCUT2D eigenvalue weighted by molar-refractivity contribution is 5.99. The number of anilines is 4. The van der Waals surface area contributed by atoms with Gasteiger partial charge in [0.1, 0.15) is 28.9 Å². The first kappa shape index (κ1) is 22.3. The summed E-state index contributed by atoms with van der Waals surface area (Å²) in [5.74, 6) is -0.0438. The first-order valence-electron chi connectivity index (χ1n) is 10.5. The number of hydrogen-bond donors (Lipinski definition) is 4. The Kier molecular flexibility index (Phi) is 6.27. The van der Waals surface area contributed by atoms with Crippen molar-refractivity contribution in [3.63, 3.8) is 0 Å². The molecular weight excluding hydrogens is 427 g/mol. The molecule has 1 fully saturated rings. The maximum atomic E-state index is 14.6. The SMILES string of the molecule is COc1cccc(F)c1-c1nc(Nc2cc(N3CCC[C@H](O)C3)c(C(N)=O)cn2)ccc1N. The van der Waals surface area contributed by atoms with E-state index in [0.717, 1.165) is 6.42 Å². The van der Waals surface area contributed by atoms with Crippen LogP contribution in [0, 0.1) is 5.82 Å². The van der Waals surface area contributed by atoms with E-state index in [0.29, 0.717) is 42.6 Å². The number of nitrogen functional groups attached to an aromatic ring is 1. The molecule has 1 atom stereocenters. The summed E-state index contributed by atoms with van der Waals surface area (Å²) in [5, 5.41) is 13.1. The third kappa shape index (κ3) is 4.65. The number of methoxy groups -OCH3 is 1. The summed E-state index contributed by atoms with van der Waals surface area (Å²) in [4.78, 5) is 22.6. The summed E-state index contributed by atoms with van der Waals surface area (Å²) in [6.45, 7) is 1.07. The molecule has 0 aliphatic carbocycles. The molecule has 1 aromatic carbocycles. The van der Waals surface area contributed by atoms with Gasteiger partial charge in [-0.05, 0) is 37.1 Å². The molecule has 0 unspecified atom stereocenters. The number of nitrogens with one attached hydrogen (secondary N) is 1. The van der Waals surface area contributed by atoms with Crippen LogP contribution in [0.15, 0.2) is 42.6 Å². The van der Waals surface area contributed by atoms with E-state index in [2.05, 4.69) is 15.3 Å². The average Bonchev–Trinajstić information content (AvgIpc) is 2.80. The quantitative estimate of drug-likeness (QED) is 0.448. The lowest BCUT2D eigenvalue weighted by Crippen LogP contribution is -2.39. The second-order valence-electron chi connectivity index (χ2n) is 7.77. The smallest absolute Gasteiger partial charge is 0.252 e. The number of amides is 1. The van der Waals surface area contributed by atoms with E-state index >= 15 is 0 Å². The van der Waals surface area contributed by atoms with Crippen LogP contribution in [0.2, 0.25) is 0 Å². The van der Waals surface area contributed by atoms with Gasteiger partial charge in [0.2, 0.25) is 0 Å². The van der Waals surface area contributed by atoms with Crippen molar-refractivity contribution in [1.29, 1.82) is 0 Å². The molecule has 3 heterocycles. The number of carbonyl (C=O) groups excluding carboxylic acids is 1. The molecule has 10 heteroatoms. The van der Waals surface area contributed by atoms with Gasteiger partial charge in [-0.2, -0.15) is 0 Å². The van der Waals surface area contributed by atoms with Gasteiger partial charge in [-0.1, -0.05) is 6.07 Å². The van der Waals surface area contributed by atoms with E-state index in [1.54, 1.807) is 30.3 Å². The van der Waals surface area contributed by atoms with E-state index in [-0.39, 0.29) is 22.5 Å². The summed E-state index contributed by atoms with van der Waals surface area (Å²) in [6.07, 6.45) is 2.40. The lowest BCUT2D eigenvalue weighted by atomic mass is 10.1. The molecule has 1 saturated heterocycles. The Labute approximate surface area is 190 Å². The van der Waals surface area contributed by atoms with Gasteiger partial charge in [0.05, 0.1) is 35.7 Å². The molecule has 0 radical (unpaired) electrons. The molecular formula is C23H25FN6O3. The molecule has 1 amide bonds. The largest absolute Gasteiger partial charge is 0.496 e. The number of nitrogens with zero attached hydrogens (tertiary/aromatic N) is 3. The first-order valence-corrected chi connectivity index (χ1v) is 10.5. The Morgan fingerprint density at radius 1 is 1.30 bits per heavy atom. The zero-order valence-electron chi connectivity index (χ0n) is 18.1. The third-order valence-electron chi connectivity index (χ3n) is 5.50. The predicted molar refractivity (Wildman–Crippen MR) is 124 cm³/mol. The van der Waals surface area contributed by atoms with Crippen molar-refractivity contribution in [2.75, 3.05) is 36.1 Å². The van der Waals surface area contributed by atoms with Gasteiger partial charge in [-0.3, -0.25) is 4.79 Å². The summed E-state index contributed by atoms with van der Waals surface area (Å²) >= 11 is 0. The molecule has 0 saturated carbocycles. The van der Waals surface area contributed by atoms with Crippen LogP contribution in [-0.4, -0.2) is 47.3 Å². The fourth-order valence-corrected chi connectivity index (χ4v) is 3.91. The predicted octanol–water partition coefficient (Wildman–Crippen LogP) is 2.68.